The molecule has 3 fully saturated rings. The SMILES string of the molecule is CC(=O)c1ccc(N2C(=O)[C@@H]3[C@H](C2=O)[C@@H](C(=O)c2ccccc2)N2CCC[C@H]32)cc1. The van der Waals surface area contributed by atoms with Crippen LogP contribution in [-0.2, 0) is 9.59 Å². The van der Waals surface area contributed by atoms with Gasteiger partial charge in [-0.05, 0) is 50.6 Å². The highest BCUT2D eigenvalue weighted by Gasteiger charge is 2.64. The van der Waals surface area contributed by atoms with E-state index in [4.69, 9.17) is 0 Å². The second-order valence-electron chi connectivity index (χ2n) is 8.29. The Morgan fingerprint density at radius 2 is 1.53 bits per heavy atom. The van der Waals surface area contributed by atoms with Gasteiger partial charge in [-0.3, -0.25) is 24.1 Å². The number of carbonyl (C=O) groups excluding carboxylic acids is 4. The Kier molecular flexibility index (Phi) is 4.40. The topological polar surface area (TPSA) is 74.8 Å². The fourth-order valence-electron chi connectivity index (χ4n) is 5.39. The first-order valence-electron chi connectivity index (χ1n) is 10.3. The van der Waals surface area contributed by atoms with Crippen LogP contribution in [0.4, 0.5) is 5.69 Å². The second-order valence-corrected chi connectivity index (χ2v) is 8.29. The summed E-state index contributed by atoms with van der Waals surface area (Å²) in [6.07, 6.45) is 1.73. The molecule has 152 valence electrons. The number of Topliss-reactive ketones (excluding diaryl/α,β-unsaturated/α-hetero) is 2. The fourth-order valence-corrected chi connectivity index (χ4v) is 5.39. The summed E-state index contributed by atoms with van der Waals surface area (Å²) in [6, 6.07) is 14.8. The third-order valence-electron chi connectivity index (χ3n) is 6.71. The lowest BCUT2D eigenvalue weighted by atomic mass is 9.85. The molecule has 0 bridgehead atoms. The lowest BCUT2D eigenvalue weighted by Crippen LogP contribution is -2.46. The van der Waals surface area contributed by atoms with Crippen molar-refractivity contribution in [2.75, 3.05) is 11.4 Å². The number of rotatable bonds is 4. The Morgan fingerprint density at radius 1 is 0.867 bits per heavy atom. The van der Waals surface area contributed by atoms with E-state index in [1.807, 2.05) is 18.2 Å². The van der Waals surface area contributed by atoms with E-state index >= 15 is 0 Å². The monoisotopic (exact) mass is 402 g/mol. The van der Waals surface area contributed by atoms with E-state index in [0.717, 1.165) is 19.4 Å². The van der Waals surface area contributed by atoms with E-state index in [1.54, 1.807) is 36.4 Å². The van der Waals surface area contributed by atoms with Gasteiger partial charge in [0.2, 0.25) is 11.8 Å². The number of anilines is 1. The van der Waals surface area contributed by atoms with Crippen LogP contribution in [0.25, 0.3) is 0 Å². The summed E-state index contributed by atoms with van der Waals surface area (Å²) in [7, 11) is 0. The molecule has 0 spiro atoms. The molecular weight excluding hydrogens is 380 g/mol. The zero-order valence-corrected chi connectivity index (χ0v) is 16.7. The van der Waals surface area contributed by atoms with Crippen LogP contribution in [0, 0.1) is 11.8 Å². The van der Waals surface area contributed by atoms with Crippen LogP contribution in [0.2, 0.25) is 0 Å². The molecule has 0 N–H and O–H groups in total. The molecule has 3 saturated heterocycles. The van der Waals surface area contributed by atoms with Gasteiger partial charge in [-0.2, -0.15) is 0 Å². The van der Waals surface area contributed by atoms with Crippen molar-refractivity contribution in [1.82, 2.24) is 4.90 Å². The van der Waals surface area contributed by atoms with Crippen LogP contribution < -0.4 is 4.90 Å². The fraction of sp³-hybridized carbons (Fsp3) is 0.333. The standard InChI is InChI=1S/C24H22N2O4/c1-14(27)15-9-11-17(12-10-15)26-23(29)19-18-8-5-13-25(18)21(20(19)24(26)30)22(28)16-6-3-2-4-7-16/h2-4,6-7,9-12,18-21H,5,8,13H2,1H3/t18-,19+,20+,21+/m1/s1. The van der Waals surface area contributed by atoms with Crippen LogP contribution in [0.15, 0.2) is 54.6 Å². The highest BCUT2D eigenvalue weighted by molar-refractivity contribution is 6.24. The molecule has 0 aromatic heterocycles. The van der Waals surface area contributed by atoms with Gasteiger partial charge in [0.25, 0.3) is 0 Å². The summed E-state index contributed by atoms with van der Waals surface area (Å²) in [5, 5.41) is 0. The smallest absolute Gasteiger partial charge is 0.239 e. The van der Waals surface area contributed by atoms with Crippen molar-refractivity contribution in [3.05, 3.63) is 65.7 Å². The van der Waals surface area contributed by atoms with E-state index in [1.165, 1.54) is 11.8 Å². The number of hydrogen-bond donors (Lipinski definition) is 0. The average molecular weight is 402 g/mol. The number of ketones is 2. The summed E-state index contributed by atoms with van der Waals surface area (Å²) in [6.45, 7) is 2.20. The molecule has 6 nitrogen and oxygen atoms in total. The minimum Gasteiger partial charge on any atom is -0.295 e. The molecular formula is C24H22N2O4. The predicted octanol–water partition coefficient (Wildman–Crippen LogP) is 2.72. The molecule has 3 aliphatic heterocycles. The summed E-state index contributed by atoms with van der Waals surface area (Å²) in [4.78, 5) is 55.1. The Morgan fingerprint density at radius 3 is 2.20 bits per heavy atom. The number of carbonyl (C=O) groups is 4. The van der Waals surface area contributed by atoms with E-state index in [0.29, 0.717) is 16.8 Å². The predicted molar refractivity (Wildman–Crippen MR) is 110 cm³/mol. The lowest BCUT2D eigenvalue weighted by Gasteiger charge is -2.27. The first kappa shape index (κ1) is 18.9. The molecule has 2 aromatic carbocycles. The van der Waals surface area contributed by atoms with Crippen LogP contribution in [0.5, 0.6) is 0 Å². The highest BCUT2D eigenvalue weighted by atomic mass is 16.2. The number of benzene rings is 2. The summed E-state index contributed by atoms with van der Waals surface area (Å²) >= 11 is 0. The van der Waals surface area contributed by atoms with Gasteiger partial charge in [0.15, 0.2) is 11.6 Å². The molecule has 0 radical (unpaired) electrons. The van der Waals surface area contributed by atoms with E-state index in [2.05, 4.69) is 4.90 Å². The Labute approximate surface area is 174 Å². The van der Waals surface area contributed by atoms with Gasteiger partial charge in [0, 0.05) is 17.2 Å². The van der Waals surface area contributed by atoms with Crippen LogP contribution in [-0.4, -0.2) is 46.9 Å². The van der Waals surface area contributed by atoms with E-state index < -0.39 is 17.9 Å². The van der Waals surface area contributed by atoms with Crippen molar-refractivity contribution in [2.24, 2.45) is 11.8 Å². The molecule has 3 heterocycles. The van der Waals surface area contributed by atoms with Crippen molar-refractivity contribution in [1.29, 1.82) is 0 Å². The zero-order chi connectivity index (χ0) is 21.0. The van der Waals surface area contributed by atoms with Crippen LogP contribution >= 0.6 is 0 Å². The van der Waals surface area contributed by atoms with Crippen LogP contribution in [0.1, 0.15) is 40.5 Å². The summed E-state index contributed by atoms with van der Waals surface area (Å²) < 4.78 is 0. The van der Waals surface area contributed by atoms with Gasteiger partial charge in [0.1, 0.15) is 0 Å². The molecule has 2 amide bonds. The van der Waals surface area contributed by atoms with Crippen LogP contribution in [0.3, 0.4) is 0 Å². The Balaban J connectivity index is 1.52. The van der Waals surface area contributed by atoms with Crippen molar-refractivity contribution in [2.45, 2.75) is 31.8 Å². The lowest BCUT2D eigenvalue weighted by molar-refractivity contribution is -0.123. The van der Waals surface area contributed by atoms with E-state index in [-0.39, 0.29) is 29.4 Å². The largest absolute Gasteiger partial charge is 0.295 e. The highest BCUT2D eigenvalue weighted by Crippen LogP contribution is 2.48. The quantitative estimate of drug-likeness (QED) is 0.581. The third kappa shape index (κ3) is 2.67. The van der Waals surface area contributed by atoms with Gasteiger partial charge in [0.05, 0.1) is 23.6 Å². The number of amides is 2. The van der Waals surface area contributed by atoms with Gasteiger partial charge in [-0.15, -0.1) is 0 Å². The molecule has 0 saturated carbocycles. The number of fused-ring (bicyclic) bond motifs is 3. The van der Waals surface area contributed by atoms with Crippen molar-refractivity contribution >= 4 is 29.1 Å². The molecule has 6 heteroatoms. The van der Waals surface area contributed by atoms with E-state index in [9.17, 15) is 19.2 Å². The van der Waals surface area contributed by atoms with Gasteiger partial charge in [-0.25, -0.2) is 4.90 Å². The molecule has 3 aliphatic rings. The van der Waals surface area contributed by atoms with Gasteiger partial charge >= 0.3 is 0 Å². The maximum Gasteiger partial charge on any atom is 0.239 e. The molecule has 2 aromatic rings. The van der Waals surface area contributed by atoms with Crippen molar-refractivity contribution in [3.8, 4) is 0 Å². The first-order valence-corrected chi connectivity index (χ1v) is 10.3. The minimum absolute atomic E-state index is 0.0763. The van der Waals surface area contributed by atoms with Crippen molar-refractivity contribution in [3.63, 3.8) is 0 Å². The van der Waals surface area contributed by atoms with Gasteiger partial charge in [-0.1, -0.05) is 30.3 Å². The first-order chi connectivity index (χ1) is 14.5. The number of nitrogens with zero attached hydrogens (tertiary/aromatic N) is 2. The molecule has 30 heavy (non-hydrogen) atoms. The molecule has 4 atom stereocenters. The Hall–Kier alpha value is -3.12. The Bertz CT molecular complexity index is 1050. The second kappa shape index (κ2) is 6.99. The molecule has 0 unspecified atom stereocenters. The molecule has 5 rings (SSSR count). The maximum atomic E-state index is 13.5. The molecule has 0 aliphatic carbocycles. The van der Waals surface area contributed by atoms with Gasteiger partial charge < -0.3 is 0 Å². The number of hydrogen-bond acceptors (Lipinski definition) is 5. The zero-order valence-electron chi connectivity index (χ0n) is 16.7. The number of imide groups is 1. The minimum atomic E-state index is -0.664. The average Bonchev–Trinajstić information content (AvgIpc) is 3.40. The summed E-state index contributed by atoms with van der Waals surface area (Å²) in [5.41, 5.74) is 1.55. The third-order valence-corrected chi connectivity index (χ3v) is 6.71. The van der Waals surface area contributed by atoms with Crippen molar-refractivity contribution < 1.29 is 19.2 Å². The normalized spacial score (nSPS) is 28.0. The maximum absolute atomic E-state index is 13.5. The summed E-state index contributed by atoms with van der Waals surface area (Å²) in [5.74, 6) is -1.88.